The van der Waals surface area contributed by atoms with Crippen molar-refractivity contribution in [2.45, 2.75) is 85.1 Å². The molecule has 5 heteroatoms. The molecule has 0 bridgehead atoms. The summed E-state index contributed by atoms with van der Waals surface area (Å²) < 4.78 is 19.5. The summed E-state index contributed by atoms with van der Waals surface area (Å²) in [6, 6.07) is 0.971. The van der Waals surface area contributed by atoms with Gasteiger partial charge in [-0.05, 0) is 33.6 Å². The Balaban J connectivity index is 2.53. The first kappa shape index (κ1) is 23.1. The molecule has 1 heterocycles. The minimum Gasteiger partial charge on any atom is -0.374 e. The van der Waals surface area contributed by atoms with Crippen molar-refractivity contribution in [1.29, 1.82) is 0 Å². The molecule has 0 aromatic carbocycles. The van der Waals surface area contributed by atoms with Crippen molar-refractivity contribution in [1.82, 2.24) is 0 Å². The largest absolute Gasteiger partial charge is 0.506 e. The van der Waals surface area contributed by atoms with E-state index >= 15 is 0 Å². The Morgan fingerprint density at radius 3 is 1.72 bits per heavy atom. The Labute approximate surface area is 158 Å². The zero-order chi connectivity index (χ0) is 18.4. The van der Waals surface area contributed by atoms with Crippen LogP contribution in [0.3, 0.4) is 0 Å². The zero-order valence-electron chi connectivity index (χ0n) is 17.5. The summed E-state index contributed by atoms with van der Waals surface area (Å²) in [5.41, 5.74) is 0. The van der Waals surface area contributed by atoms with Crippen LogP contribution in [0, 0.1) is 0 Å². The molecule has 0 aromatic heterocycles. The molecule has 0 atom stereocenters. The first-order valence-corrected chi connectivity index (χ1v) is 12.9. The molecule has 0 saturated carbocycles. The van der Waals surface area contributed by atoms with Crippen LogP contribution < -0.4 is 0 Å². The lowest BCUT2D eigenvalue weighted by atomic mass is 10.1. The van der Waals surface area contributed by atoms with Crippen LogP contribution in [0.5, 0.6) is 0 Å². The second-order valence-corrected chi connectivity index (χ2v) is 10.2. The summed E-state index contributed by atoms with van der Waals surface area (Å²) in [6.45, 7) is 15.7. The quantitative estimate of drug-likeness (QED) is 0.216. The second kappa shape index (κ2) is 13.3. The van der Waals surface area contributed by atoms with Crippen LogP contribution in [0.1, 0.15) is 79.1 Å². The summed E-state index contributed by atoms with van der Waals surface area (Å²) in [5, 5.41) is 0. The van der Waals surface area contributed by atoms with E-state index in [0.29, 0.717) is 19.8 Å². The van der Waals surface area contributed by atoms with Gasteiger partial charge in [0.1, 0.15) is 0 Å². The summed E-state index contributed by atoms with van der Waals surface area (Å²) >= 11 is 0. The maximum atomic E-state index is 6.07. The van der Waals surface area contributed by atoms with E-state index < -0.39 is 8.80 Å². The molecule has 0 amide bonds. The molecule has 0 N–H and O–H groups in total. The minimum absolute atomic E-state index is 0.684. The van der Waals surface area contributed by atoms with E-state index in [1.807, 2.05) is 0 Å². The van der Waals surface area contributed by atoms with Crippen LogP contribution in [0.25, 0.3) is 0 Å². The third-order valence-corrected chi connectivity index (χ3v) is 8.51. The molecule has 0 spiro atoms. The van der Waals surface area contributed by atoms with Crippen LogP contribution in [0.4, 0.5) is 0 Å². The fourth-order valence-electron chi connectivity index (χ4n) is 4.17. The third-order valence-electron chi connectivity index (χ3n) is 5.49. The predicted octanol–water partition coefficient (Wildman–Crippen LogP) is 5.01. The van der Waals surface area contributed by atoms with Gasteiger partial charge in [0.05, 0.1) is 32.2 Å². The van der Waals surface area contributed by atoms with E-state index in [9.17, 15) is 0 Å². The number of likely N-dealkylation sites (tertiary alicyclic amines) is 1. The highest BCUT2D eigenvalue weighted by atomic mass is 28.4. The average molecular weight is 375 g/mol. The van der Waals surface area contributed by atoms with Crippen LogP contribution >= 0.6 is 0 Å². The molecule has 0 aromatic rings. The van der Waals surface area contributed by atoms with E-state index in [4.69, 9.17) is 13.3 Å². The molecule has 0 unspecified atom stereocenters. The van der Waals surface area contributed by atoms with Crippen molar-refractivity contribution in [3.05, 3.63) is 0 Å². The standard InChI is InChI=1S/C20H44NO3Si/c1-5-9-10-11-12-13-16-21(17-14-15-18-21)19-20-25(22-6-2,23-7-3)24-8-4/h5-20H2,1-4H3/q+1. The maximum absolute atomic E-state index is 6.07. The van der Waals surface area contributed by atoms with Gasteiger partial charge in [-0.3, -0.25) is 0 Å². The van der Waals surface area contributed by atoms with Crippen molar-refractivity contribution in [3.63, 3.8) is 0 Å². The molecule has 25 heavy (non-hydrogen) atoms. The minimum atomic E-state index is -2.49. The van der Waals surface area contributed by atoms with E-state index in [1.165, 1.54) is 82.0 Å². The molecule has 4 nitrogen and oxygen atoms in total. The van der Waals surface area contributed by atoms with Gasteiger partial charge in [0.15, 0.2) is 0 Å². The molecule has 1 fully saturated rings. The molecule has 150 valence electrons. The van der Waals surface area contributed by atoms with Crippen molar-refractivity contribution >= 4 is 8.80 Å². The maximum Gasteiger partial charge on any atom is 0.506 e. The SMILES string of the molecule is CCCCCCCC[N+]1(CC[Si](OCC)(OCC)OCC)CCCC1. The van der Waals surface area contributed by atoms with Gasteiger partial charge in [-0.25, -0.2) is 0 Å². The van der Waals surface area contributed by atoms with E-state index in [0.717, 1.165) is 6.04 Å². The Hall–Kier alpha value is 0.0569. The van der Waals surface area contributed by atoms with E-state index in [-0.39, 0.29) is 0 Å². The summed E-state index contributed by atoms with van der Waals surface area (Å²) in [5.74, 6) is 0. The van der Waals surface area contributed by atoms with Gasteiger partial charge >= 0.3 is 8.80 Å². The molecule has 0 radical (unpaired) electrons. The number of unbranched alkanes of at least 4 members (excludes halogenated alkanes) is 5. The van der Waals surface area contributed by atoms with Crippen molar-refractivity contribution in [3.8, 4) is 0 Å². The van der Waals surface area contributed by atoms with Crippen LogP contribution in [0.2, 0.25) is 6.04 Å². The lowest BCUT2D eigenvalue weighted by Gasteiger charge is -2.37. The van der Waals surface area contributed by atoms with Gasteiger partial charge in [-0.2, -0.15) is 0 Å². The monoisotopic (exact) mass is 374 g/mol. The van der Waals surface area contributed by atoms with E-state index in [2.05, 4.69) is 27.7 Å². The number of hydrogen-bond donors (Lipinski definition) is 0. The first-order chi connectivity index (χ1) is 12.2. The number of hydrogen-bond acceptors (Lipinski definition) is 3. The number of nitrogens with zero attached hydrogens (tertiary/aromatic N) is 1. The first-order valence-electron chi connectivity index (χ1n) is 10.9. The number of rotatable bonds is 16. The fraction of sp³-hybridized carbons (Fsp3) is 1.00. The van der Waals surface area contributed by atoms with Gasteiger partial charge in [0.25, 0.3) is 0 Å². The smallest absolute Gasteiger partial charge is 0.374 e. The summed E-state index contributed by atoms with van der Waals surface area (Å²) in [6.07, 6.45) is 11.1. The highest BCUT2D eigenvalue weighted by Gasteiger charge is 2.44. The van der Waals surface area contributed by atoms with Crippen LogP contribution in [-0.4, -0.2) is 59.3 Å². The predicted molar refractivity (Wildman–Crippen MR) is 108 cm³/mol. The third kappa shape index (κ3) is 8.52. The molecule has 1 aliphatic rings. The molecular weight excluding hydrogens is 330 g/mol. The Bertz CT molecular complexity index is 305. The Kier molecular flexibility index (Phi) is 12.3. The average Bonchev–Trinajstić information content (AvgIpc) is 3.06. The zero-order valence-corrected chi connectivity index (χ0v) is 18.5. The molecule has 1 aliphatic heterocycles. The fourth-order valence-corrected chi connectivity index (χ4v) is 6.92. The van der Waals surface area contributed by atoms with Crippen LogP contribution in [-0.2, 0) is 13.3 Å². The molecule has 0 aliphatic carbocycles. The Morgan fingerprint density at radius 2 is 1.20 bits per heavy atom. The topological polar surface area (TPSA) is 27.7 Å². The van der Waals surface area contributed by atoms with Gasteiger partial charge < -0.3 is 17.8 Å². The van der Waals surface area contributed by atoms with Gasteiger partial charge in [-0.1, -0.05) is 32.6 Å². The van der Waals surface area contributed by atoms with Crippen molar-refractivity contribution in [2.75, 3.05) is 46.0 Å². The van der Waals surface area contributed by atoms with Crippen molar-refractivity contribution in [2.24, 2.45) is 0 Å². The lowest BCUT2D eigenvalue weighted by Crippen LogP contribution is -2.53. The summed E-state index contributed by atoms with van der Waals surface area (Å²) in [7, 11) is -2.49. The molecular formula is C20H44NO3Si+. The van der Waals surface area contributed by atoms with Crippen molar-refractivity contribution < 1.29 is 17.8 Å². The van der Waals surface area contributed by atoms with Gasteiger partial charge in [0.2, 0.25) is 0 Å². The highest BCUT2D eigenvalue weighted by Crippen LogP contribution is 2.26. The lowest BCUT2D eigenvalue weighted by molar-refractivity contribution is -0.915. The van der Waals surface area contributed by atoms with Gasteiger partial charge in [0, 0.05) is 32.7 Å². The highest BCUT2D eigenvalue weighted by molar-refractivity contribution is 6.60. The van der Waals surface area contributed by atoms with E-state index in [1.54, 1.807) is 0 Å². The van der Waals surface area contributed by atoms with Crippen LogP contribution in [0.15, 0.2) is 0 Å². The normalized spacial score (nSPS) is 17.3. The second-order valence-electron chi connectivity index (χ2n) is 7.44. The Morgan fingerprint density at radius 1 is 0.680 bits per heavy atom. The van der Waals surface area contributed by atoms with Gasteiger partial charge in [-0.15, -0.1) is 0 Å². The summed E-state index contributed by atoms with van der Waals surface area (Å²) in [4.78, 5) is 0. The number of quaternary nitrogens is 1. The molecule has 1 saturated heterocycles. The molecule has 1 rings (SSSR count).